The molecule has 388 valence electrons. The number of ether oxygens (including phenoxy) is 4. The Labute approximate surface area is 402 Å². The van der Waals surface area contributed by atoms with Crippen molar-refractivity contribution in [2.75, 3.05) is 19.0 Å². The minimum absolute atomic E-state index is 0.108. The summed E-state index contributed by atoms with van der Waals surface area (Å²) in [4.78, 5) is 25.5. The first-order chi connectivity index (χ1) is 32.0. The van der Waals surface area contributed by atoms with Gasteiger partial charge in [0.05, 0.1) is 6.61 Å². The van der Waals surface area contributed by atoms with Crippen LogP contribution in [-0.4, -0.2) is 96.0 Å². The maximum absolute atomic E-state index is 12.9. The third kappa shape index (κ3) is 37.1. The lowest BCUT2D eigenvalue weighted by atomic mass is 10.00. The van der Waals surface area contributed by atoms with Crippen molar-refractivity contribution in [3.63, 3.8) is 0 Å². The number of hydrogen-bond donors (Lipinski definition) is 4. The van der Waals surface area contributed by atoms with Crippen molar-refractivity contribution in [3.05, 3.63) is 24.3 Å². The van der Waals surface area contributed by atoms with Crippen molar-refractivity contribution in [2.45, 2.75) is 282 Å². The third-order valence-electron chi connectivity index (χ3n) is 12.5. The molecule has 0 bridgehead atoms. The zero-order chi connectivity index (χ0) is 48.4. The fourth-order valence-corrected chi connectivity index (χ4v) is 9.04. The Morgan fingerprint density at radius 1 is 0.500 bits per heavy atom. The molecular formula is C53H98O12S. The van der Waals surface area contributed by atoms with Crippen LogP contribution in [0.3, 0.4) is 0 Å². The summed E-state index contributed by atoms with van der Waals surface area (Å²) >= 11 is 0. The average Bonchev–Trinajstić information content (AvgIpc) is 3.28. The predicted molar refractivity (Wildman–Crippen MR) is 266 cm³/mol. The van der Waals surface area contributed by atoms with Crippen molar-refractivity contribution >= 4 is 22.1 Å². The summed E-state index contributed by atoms with van der Waals surface area (Å²) in [6, 6.07) is 0. The predicted octanol–water partition coefficient (Wildman–Crippen LogP) is 12.3. The van der Waals surface area contributed by atoms with Gasteiger partial charge >= 0.3 is 11.9 Å². The van der Waals surface area contributed by atoms with E-state index in [0.29, 0.717) is 19.3 Å². The lowest BCUT2D eigenvalue weighted by Crippen LogP contribution is -2.60. The number of carbonyl (C=O) groups is 2. The van der Waals surface area contributed by atoms with Gasteiger partial charge in [0, 0.05) is 12.8 Å². The van der Waals surface area contributed by atoms with E-state index in [1.807, 2.05) is 0 Å². The van der Waals surface area contributed by atoms with Gasteiger partial charge in [0.15, 0.2) is 12.4 Å². The first-order valence-electron chi connectivity index (χ1n) is 26.9. The van der Waals surface area contributed by atoms with E-state index in [1.54, 1.807) is 0 Å². The number of carbonyl (C=O) groups excluding carboxylic acids is 2. The second-order valence-corrected chi connectivity index (χ2v) is 20.4. The van der Waals surface area contributed by atoms with E-state index < -0.39 is 71.2 Å². The molecule has 2 unspecified atom stereocenters. The summed E-state index contributed by atoms with van der Waals surface area (Å²) in [6.07, 6.45) is 40.9. The van der Waals surface area contributed by atoms with Gasteiger partial charge in [-0.3, -0.25) is 14.1 Å². The second kappa shape index (κ2) is 43.2. The molecule has 1 aliphatic heterocycles. The zero-order valence-electron chi connectivity index (χ0n) is 41.8. The van der Waals surface area contributed by atoms with Gasteiger partial charge in [-0.1, -0.05) is 212 Å². The molecule has 6 atom stereocenters. The third-order valence-corrected chi connectivity index (χ3v) is 13.3. The minimum atomic E-state index is -4.61. The highest BCUT2D eigenvalue weighted by Gasteiger charge is 2.46. The highest BCUT2D eigenvalue weighted by Crippen LogP contribution is 2.24. The molecule has 12 nitrogen and oxygen atoms in total. The monoisotopic (exact) mass is 959 g/mol. The van der Waals surface area contributed by atoms with Crippen LogP contribution in [0, 0.1) is 0 Å². The van der Waals surface area contributed by atoms with Gasteiger partial charge in [-0.25, -0.2) is 0 Å². The lowest BCUT2D eigenvalue weighted by molar-refractivity contribution is -0.297. The molecular weight excluding hydrogens is 861 g/mol. The fourth-order valence-electron chi connectivity index (χ4n) is 8.35. The van der Waals surface area contributed by atoms with Gasteiger partial charge in [-0.15, -0.1) is 0 Å². The highest BCUT2D eigenvalue weighted by atomic mass is 32.2. The van der Waals surface area contributed by atoms with E-state index in [0.717, 1.165) is 38.5 Å². The molecule has 0 aromatic heterocycles. The maximum atomic E-state index is 12.9. The van der Waals surface area contributed by atoms with Crippen molar-refractivity contribution in [3.8, 4) is 0 Å². The Hall–Kier alpha value is -1.87. The first-order valence-corrected chi connectivity index (χ1v) is 28.5. The van der Waals surface area contributed by atoms with Crippen LogP contribution in [0.5, 0.6) is 0 Å². The normalized spacial score (nSPS) is 19.5. The molecule has 0 saturated carbocycles. The number of allylic oxidation sites excluding steroid dienone is 4. The van der Waals surface area contributed by atoms with E-state index in [9.17, 15) is 37.9 Å². The van der Waals surface area contributed by atoms with Crippen molar-refractivity contribution in [2.24, 2.45) is 0 Å². The summed E-state index contributed by atoms with van der Waals surface area (Å²) in [5, 5.41) is 31.0. The zero-order valence-corrected chi connectivity index (χ0v) is 42.6. The Morgan fingerprint density at radius 3 is 1.35 bits per heavy atom. The molecule has 0 amide bonds. The number of unbranched alkanes of at least 4 members (excludes halogenated alkanes) is 30. The number of aliphatic hydroxyl groups is 3. The number of hydrogen-bond acceptors (Lipinski definition) is 11. The Balaban J connectivity index is 2.36. The molecule has 0 radical (unpaired) electrons. The van der Waals surface area contributed by atoms with E-state index in [1.165, 1.54) is 161 Å². The fraction of sp³-hybridized carbons (Fsp3) is 0.887. The molecule has 0 aromatic carbocycles. The van der Waals surface area contributed by atoms with Crippen LogP contribution in [0.1, 0.15) is 245 Å². The summed E-state index contributed by atoms with van der Waals surface area (Å²) < 4.78 is 54.2. The van der Waals surface area contributed by atoms with Gasteiger partial charge in [-0.05, 0) is 44.9 Å². The van der Waals surface area contributed by atoms with Gasteiger partial charge < -0.3 is 34.3 Å². The van der Waals surface area contributed by atoms with Crippen LogP contribution in [0.2, 0.25) is 0 Å². The van der Waals surface area contributed by atoms with Crippen molar-refractivity contribution < 1.29 is 56.8 Å². The Bertz CT molecular complexity index is 1310. The number of esters is 2. The van der Waals surface area contributed by atoms with Crippen LogP contribution < -0.4 is 0 Å². The Kier molecular flexibility index (Phi) is 40.7. The van der Waals surface area contributed by atoms with E-state index in [-0.39, 0.29) is 19.4 Å². The van der Waals surface area contributed by atoms with Gasteiger partial charge in [-0.2, -0.15) is 8.42 Å². The van der Waals surface area contributed by atoms with E-state index in [2.05, 4.69) is 38.2 Å². The largest absolute Gasteiger partial charge is 0.462 e. The van der Waals surface area contributed by atoms with Crippen LogP contribution in [-0.2, 0) is 38.7 Å². The molecule has 4 N–H and O–H groups in total. The van der Waals surface area contributed by atoms with Crippen LogP contribution >= 0.6 is 0 Å². The maximum Gasteiger partial charge on any atom is 0.306 e. The minimum Gasteiger partial charge on any atom is -0.462 e. The van der Waals surface area contributed by atoms with E-state index >= 15 is 0 Å². The van der Waals surface area contributed by atoms with Crippen LogP contribution in [0.15, 0.2) is 24.3 Å². The lowest BCUT2D eigenvalue weighted by Gasteiger charge is -2.40. The van der Waals surface area contributed by atoms with Crippen molar-refractivity contribution in [1.82, 2.24) is 0 Å². The van der Waals surface area contributed by atoms with Crippen LogP contribution in [0.25, 0.3) is 0 Å². The quantitative estimate of drug-likeness (QED) is 0.0196. The first kappa shape index (κ1) is 62.1. The average molecular weight is 959 g/mol. The molecule has 66 heavy (non-hydrogen) atoms. The molecule has 13 heteroatoms. The SMILES string of the molecule is CCCCCCCCCCCCCCCC/C=C/CC/C=C/CCCC(=O)O[C@H](COC(=O)CCCCCCCCCCCCCCCCC)CO[C@H]1O[C@H](CS(=O)(=O)O)[C@@H](O)C(O)C1O. The number of rotatable bonds is 46. The summed E-state index contributed by atoms with van der Waals surface area (Å²) in [5.41, 5.74) is 0. The summed E-state index contributed by atoms with van der Waals surface area (Å²) in [6.45, 7) is 3.77. The van der Waals surface area contributed by atoms with Gasteiger partial charge in [0.25, 0.3) is 10.1 Å². The molecule has 0 aliphatic carbocycles. The van der Waals surface area contributed by atoms with Crippen molar-refractivity contribution in [1.29, 1.82) is 0 Å². The van der Waals surface area contributed by atoms with Gasteiger partial charge in [0.1, 0.15) is 36.8 Å². The van der Waals surface area contributed by atoms with Crippen LogP contribution in [0.4, 0.5) is 0 Å². The van der Waals surface area contributed by atoms with Gasteiger partial charge in [0.2, 0.25) is 0 Å². The molecule has 0 spiro atoms. The molecule has 1 saturated heterocycles. The topological polar surface area (TPSA) is 186 Å². The van der Waals surface area contributed by atoms with E-state index in [4.69, 9.17) is 18.9 Å². The Morgan fingerprint density at radius 2 is 0.894 bits per heavy atom. The summed E-state index contributed by atoms with van der Waals surface area (Å²) in [5.74, 6) is -2.02. The second-order valence-electron chi connectivity index (χ2n) is 18.9. The molecule has 1 rings (SSSR count). The molecule has 1 fully saturated rings. The highest BCUT2D eigenvalue weighted by molar-refractivity contribution is 7.85. The smallest absolute Gasteiger partial charge is 0.306 e. The number of aliphatic hydroxyl groups excluding tert-OH is 3. The standard InChI is InChI=1S/C53H98O12S/c1-3-5-7-9-11-13-15-17-19-20-21-22-23-24-25-26-28-30-32-34-36-38-40-42-49(55)64-46(44-63-53-52(58)51(57)50(56)47(65-53)45-66(59,60)61)43-62-48(54)41-39-37-35-33-31-29-27-18-16-14-12-10-8-6-4-2/h26,28,34,36,46-47,50-53,56-58H,3-25,27,29-33,35,37-45H2,1-2H3,(H,59,60,61)/b28-26+,36-34+/t46-,47-,50-,51?,52?,53+/m1/s1. The summed E-state index contributed by atoms with van der Waals surface area (Å²) in [7, 11) is -4.61. The molecule has 1 aliphatic rings. The molecule has 0 aromatic rings. The molecule has 1 heterocycles.